The lowest BCUT2D eigenvalue weighted by atomic mass is 10.1. The van der Waals surface area contributed by atoms with E-state index in [2.05, 4.69) is 15.5 Å². The van der Waals surface area contributed by atoms with Crippen molar-refractivity contribution >= 4 is 23.2 Å². The Morgan fingerprint density at radius 2 is 1.82 bits per heavy atom. The smallest absolute Gasteiger partial charge is 0.269 e. The van der Waals surface area contributed by atoms with E-state index in [9.17, 15) is 14.9 Å². The van der Waals surface area contributed by atoms with Gasteiger partial charge in [-0.2, -0.15) is 4.68 Å². The number of carbonyl (C=O) groups is 1. The minimum Gasteiger partial charge on any atom is -0.382 e. The molecule has 0 saturated heterocycles. The summed E-state index contributed by atoms with van der Waals surface area (Å²) in [5.74, 6) is -0.281. The van der Waals surface area contributed by atoms with Crippen molar-refractivity contribution in [3.8, 4) is 5.69 Å². The minimum absolute atomic E-state index is 0.0737. The topological polar surface area (TPSA) is 107 Å². The molecule has 0 radical (unpaired) electrons. The van der Waals surface area contributed by atoms with Crippen LogP contribution in [-0.2, 0) is 0 Å². The lowest BCUT2D eigenvalue weighted by Crippen LogP contribution is -2.09. The molecule has 0 N–H and O–H groups in total. The number of nitro groups is 1. The zero-order valence-electron chi connectivity index (χ0n) is 15.1. The van der Waals surface area contributed by atoms with Crippen molar-refractivity contribution in [1.29, 1.82) is 0 Å². The Morgan fingerprint density at radius 1 is 1.14 bits per heavy atom. The molecule has 10 heteroatoms. The molecule has 0 bridgehead atoms. The van der Waals surface area contributed by atoms with Crippen molar-refractivity contribution < 1.29 is 9.72 Å². The normalized spacial score (nSPS) is 11.3. The Labute approximate surface area is 164 Å². The molecule has 142 valence electrons. The summed E-state index contributed by atoms with van der Waals surface area (Å²) in [6, 6.07) is 14.8. The van der Waals surface area contributed by atoms with Crippen molar-refractivity contribution in [1.82, 2.24) is 25.1 Å². The number of allylic oxidation sites excluding steroid dienone is 1. The number of rotatable bonds is 7. The fourth-order valence-electron chi connectivity index (χ4n) is 2.31. The second-order valence-corrected chi connectivity index (χ2v) is 6.91. The Hall–Kier alpha value is -3.53. The van der Waals surface area contributed by atoms with Gasteiger partial charge >= 0.3 is 0 Å². The molecule has 0 amide bonds. The van der Waals surface area contributed by atoms with E-state index >= 15 is 0 Å². The van der Waals surface area contributed by atoms with Crippen molar-refractivity contribution in [2.45, 2.75) is 5.16 Å². The van der Waals surface area contributed by atoms with Crippen LogP contribution in [0.5, 0.6) is 0 Å². The fourth-order valence-corrected chi connectivity index (χ4v) is 3.29. The summed E-state index contributed by atoms with van der Waals surface area (Å²) >= 11 is 1.12. The molecule has 2 aromatic carbocycles. The number of tetrazole rings is 1. The lowest BCUT2D eigenvalue weighted by Gasteiger charge is -2.11. The monoisotopic (exact) mass is 396 g/mol. The quantitative estimate of drug-likeness (QED) is 0.197. The summed E-state index contributed by atoms with van der Waals surface area (Å²) in [4.78, 5) is 25.4. The van der Waals surface area contributed by atoms with Gasteiger partial charge in [0.05, 0.1) is 15.5 Å². The number of Topliss-reactive ketones (excluding diaryl/α,β-unsaturated/α-hetero) is 1. The molecule has 0 aliphatic carbocycles. The first-order chi connectivity index (χ1) is 13.5. The third kappa shape index (κ3) is 4.41. The highest BCUT2D eigenvalue weighted by atomic mass is 32.2. The largest absolute Gasteiger partial charge is 0.382 e. The maximum Gasteiger partial charge on any atom is 0.269 e. The first kappa shape index (κ1) is 19.2. The number of aromatic nitrogens is 4. The summed E-state index contributed by atoms with van der Waals surface area (Å²) < 4.78 is 1.54. The summed E-state index contributed by atoms with van der Waals surface area (Å²) in [5.41, 5.74) is 1.03. The van der Waals surface area contributed by atoms with E-state index in [0.29, 0.717) is 15.6 Å². The first-order valence-corrected chi connectivity index (χ1v) is 8.96. The van der Waals surface area contributed by atoms with Gasteiger partial charge < -0.3 is 4.90 Å². The van der Waals surface area contributed by atoms with Crippen molar-refractivity contribution in [2.75, 3.05) is 14.1 Å². The SMILES string of the molecule is CN(C)/C=C(\Sc1nnnn1-c1ccccc1)C(=O)c1ccc([N+](=O)[O-])cc1. The molecule has 3 aromatic rings. The predicted molar refractivity (Wildman–Crippen MR) is 104 cm³/mol. The van der Waals surface area contributed by atoms with Gasteiger partial charge in [0.2, 0.25) is 10.9 Å². The molecule has 0 aliphatic heterocycles. The Balaban J connectivity index is 1.91. The Morgan fingerprint density at radius 3 is 2.43 bits per heavy atom. The Kier molecular flexibility index (Phi) is 5.80. The molecule has 0 fully saturated rings. The Bertz CT molecular complexity index is 1020. The molecule has 3 rings (SSSR count). The lowest BCUT2D eigenvalue weighted by molar-refractivity contribution is -0.384. The molecule has 1 aromatic heterocycles. The molecule has 0 atom stereocenters. The number of nitrogens with zero attached hydrogens (tertiary/aromatic N) is 6. The fraction of sp³-hybridized carbons (Fsp3) is 0.111. The average molecular weight is 396 g/mol. The standard InChI is InChI=1S/C18H16N6O3S/c1-22(2)12-16(17(25)13-8-10-15(11-9-13)24(26)27)28-18-19-20-21-23(18)14-6-4-3-5-7-14/h3-12H,1-2H3/b16-12-. The number of para-hydroxylation sites is 1. The number of hydrogen-bond acceptors (Lipinski definition) is 8. The first-order valence-electron chi connectivity index (χ1n) is 8.15. The second kappa shape index (κ2) is 8.44. The van der Waals surface area contributed by atoms with Crippen LogP contribution in [0, 0.1) is 10.1 Å². The van der Waals surface area contributed by atoms with E-state index in [1.54, 1.807) is 25.2 Å². The summed E-state index contributed by atoms with van der Waals surface area (Å²) in [6.45, 7) is 0. The van der Waals surface area contributed by atoms with Crippen LogP contribution >= 0.6 is 11.8 Å². The van der Waals surface area contributed by atoms with Gasteiger partial charge in [0.15, 0.2) is 0 Å². The van der Waals surface area contributed by atoms with E-state index in [1.807, 2.05) is 30.3 Å². The molecule has 1 heterocycles. The molecule has 28 heavy (non-hydrogen) atoms. The molecular formula is C18H16N6O3S. The van der Waals surface area contributed by atoms with Gasteiger partial charge in [0, 0.05) is 38.0 Å². The number of ketones is 1. The number of nitro benzene ring substituents is 1. The molecule has 0 unspecified atom stereocenters. The van der Waals surface area contributed by atoms with Crippen molar-refractivity contribution in [3.05, 3.63) is 81.4 Å². The van der Waals surface area contributed by atoms with Crippen LogP contribution in [-0.4, -0.2) is 49.9 Å². The highest BCUT2D eigenvalue weighted by molar-refractivity contribution is 8.03. The number of hydrogen-bond donors (Lipinski definition) is 0. The van der Waals surface area contributed by atoms with Gasteiger partial charge in [-0.15, -0.1) is 5.10 Å². The average Bonchev–Trinajstić information content (AvgIpc) is 3.15. The van der Waals surface area contributed by atoms with Crippen molar-refractivity contribution in [2.24, 2.45) is 0 Å². The maximum atomic E-state index is 13.0. The molecule has 9 nitrogen and oxygen atoms in total. The number of benzene rings is 2. The minimum atomic E-state index is -0.506. The summed E-state index contributed by atoms with van der Waals surface area (Å²) in [7, 11) is 3.59. The molecule has 0 saturated carbocycles. The van der Waals surface area contributed by atoms with E-state index in [-0.39, 0.29) is 11.5 Å². The third-order valence-corrected chi connectivity index (χ3v) is 4.53. The molecular weight excluding hydrogens is 380 g/mol. The second-order valence-electron chi connectivity index (χ2n) is 5.90. The van der Waals surface area contributed by atoms with Gasteiger partial charge in [0.1, 0.15) is 0 Å². The van der Waals surface area contributed by atoms with E-state index in [4.69, 9.17) is 0 Å². The van der Waals surface area contributed by atoms with E-state index in [1.165, 1.54) is 28.9 Å². The predicted octanol–water partition coefficient (Wildman–Crippen LogP) is 2.95. The van der Waals surface area contributed by atoms with Crippen LogP contribution in [0.25, 0.3) is 5.69 Å². The zero-order chi connectivity index (χ0) is 20.1. The highest BCUT2D eigenvalue weighted by Crippen LogP contribution is 2.29. The molecule has 0 spiro atoms. The number of non-ortho nitro benzene ring substituents is 1. The van der Waals surface area contributed by atoms with Gasteiger partial charge in [-0.1, -0.05) is 18.2 Å². The van der Waals surface area contributed by atoms with Gasteiger partial charge in [-0.05, 0) is 46.5 Å². The molecule has 0 aliphatic rings. The number of thioether (sulfide) groups is 1. The summed E-state index contributed by atoms with van der Waals surface area (Å²) in [6.07, 6.45) is 1.67. The van der Waals surface area contributed by atoms with E-state index < -0.39 is 4.92 Å². The maximum absolute atomic E-state index is 13.0. The highest BCUT2D eigenvalue weighted by Gasteiger charge is 2.19. The van der Waals surface area contributed by atoms with Crippen LogP contribution < -0.4 is 0 Å². The third-order valence-electron chi connectivity index (χ3n) is 3.58. The van der Waals surface area contributed by atoms with Crippen LogP contribution in [0.3, 0.4) is 0 Å². The van der Waals surface area contributed by atoms with Gasteiger partial charge in [-0.3, -0.25) is 14.9 Å². The van der Waals surface area contributed by atoms with Gasteiger partial charge in [0.25, 0.3) is 5.69 Å². The number of carbonyl (C=O) groups excluding carboxylic acids is 1. The summed E-state index contributed by atoms with van der Waals surface area (Å²) in [5, 5.41) is 23.0. The van der Waals surface area contributed by atoms with Crippen LogP contribution in [0.4, 0.5) is 5.69 Å². The van der Waals surface area contributed by atoms with Crippen LogP contribution in [0.2, 0.25) is 0 Å². The van der Waals surface area contributed by atoms with E-state index in [0.717, 1.165) is 17.4 Å². The van der Waals surface area contributed by atoms with Gasteiger partial charge in [-0.25, -0.2) is 0 Å². The van der Waals surface area contributed by atoms with Crippen LogP contribution in [0.1, 0.15) is 10.4 Å². The zero-order valence-corrected chi connectivity index (χ0v) is 15.9. The van der Waals surface area contributed by atoms with Crippen molar-refractivity contribution in [3.63, 3.8) is 0 Å². The van der Waals surface area contributed by atoms with Crippen LogP contribution in [0.15, 0.2) is 70.9 Å².